The number of pyridine rings is 1. The summed E-state index contributed by atoms with van der Waals surface area (Å²) < 4.78 is 0. The number of H-pyrrole nitrogens is 1. The van der Waals surface area contributed by atoms with Crippen molar-refractivity contribution in [3.05, 3.63) is 46.2 Å². The molecular formula is C21H26N2O2. The lowest BCUT2D eigenvalue weighted by Gasteiger charge is -2.30. The van der Waals surface area contributed by atoms with E-state index in [1.54, 1.807) is 12.3 Å². The normalized spacial score (nSPS) is 21.8. The minimum absolute atomic E-state index is 0.0923. The zero-order valence-corrected chi connectivity index (χ0v) is 14.7. The predicted octanol–water partition coefficient (Wildman–Crippen LogP) is 4.10. The van der Waals surface area contributed by atoms with E-state index in [1.165, 1.54) is 32.1 Å². The molecule has 4 rings (SSSR count). The van der Waals surface area contributed by atoms with Gasteiger partial charge in [0, 0.05) is 29.7 Å². The molecule has 25 heavy (non-hydrogen) atoms. The Morgan fingerprint density at radius 2 is 1.88 bits per heavy atom. The van der Waals surface area contributed by atoms with E-state index in [1.807, 2.05) is 23.1 Å². The van der Waals surface area contributed by atoms with Crippen LogP contribution in [-0.2, 0) is 0 Å². The van der Waals surface area contributed by atoms with Gasteiger partial charge in [0.05, 0.1) is 0 Å². The highest BCUT2D eigenvalue weighted by Crippen LogP contribution is 2.32. The number of carbonyl (C=O) groups is 1. The highest BCUT2D eigenvalue weighted by Gasteiger charge is 2.32. The van der Waals surface area contributed by atoms with E-state index >= 15 is 0 Å². The molecule has 1 saturated carbocycles. The first-order valence-electron chi connectivity index (χ1n) is 9.65. The molecule has 1 atom stereocenters. The Hall–Kier alpha value is -2.10. The molecule has 4 nitrogen and oxygen atoms in total. The highest BCUT2D eigenvalue weighted by atomic mass is 16.2. The molecule has 2 aromatic rings. The van der Waals surface area contributed by atoms with Crippen molar-refractivity contribution in [3.63, 3.8) is 0 Å². The first-order valence-corrected chi connectivity index (χ1v) is 9.65. The van der Waals surface area contributed by atoms with Crippen LogP contribution in [0, 0.1) is 5.92 Å². The van der Waals surface area contributed by atoms with Crippen LogP contribution in [0.3, 0.4) is 0 Å². The fourth-order valence-electron chi connectivity index (χ4n) is 4.64. The molecule has 1 unspecified atom stereocenters. The summed E-state index contributed by atoms with van der Waals surface area (Å²) in [6.07, 6.45) is 11.5. The number of likely N-dealkylation sites (tertiary alicyclic amines) is 1. The Bertz CT molecular complexity index is 820. The van der Waals surface area contributed by atoms with E-state index < -0.39 is 0 Å². The second-order valence-corrected chi connectivity index (χ2v) is 7.61. The first-order chi connectivity index (χ1) is 12.2. The first kappa shape index (κ1) is 16.4. The molecule has 2 heterocycles. The lowest BCUT2D eigenvalue weighted by atomic mass is 9.84. The van der Waals surface area contributed by atoms with Crippen LogP contribution >= 0.6 is 0 Å². The van der Waals surface area contributed by atoms with Gasteiger partial charge >= 0.3 is 0 Å². The Labute approximate surface area is 148 Å². The van der Waals surface area contributed by atoms with E-state index in [-0.39, 0.29) is 16.9 Å². The molecule has 0 bridgehead atoms. The molecule has 1 aromatic heterocycles. The summed E-state index contributed by atoms with van der Waals surface area (Å²) in [6.45, 7) is 0.780. The van der Waals surface area contributed by atoms with Gasteiger partial charge in [0.25, 0.3) is 5.91 Å². The molecule has 1 amide bonds. The molecule has 1 N–H and O–H groups in total. The second kappa shape index (κ2) is 7.03. The van der Waals surface area contributed by atoms with Crippen LogP contribution in [0.25, 0.3) is 10.9 Å². The lowest BCUT2D eigenvalue weighted by molar-refractivity contribution is 0.0710. The number of amides is 1. The maximum atomic E-state index is 13.1. The molecule has 1 saturated heterocycles. The van der Waals surface area contributed by atoms with E-state index in [9.17, 15) is 9.59 Å². The van der Waals surface area contributed by atoms with Crippen LogP contribution in [0.5, 0.6) is 0 Å². The third-order valence-corrected chi connectivity index (χ3v) is 5.99. The Morgan fingerprint density at radius 1 is 1.08 bits per heavy atom. The van der Waals surface area contributed by atoms with Crippen LogP contribution in [0.2, 0.25) is 0 Å². The topological polar surface area (TPSA) is 53.2 Å². The molecule has 4 heteroatoms. The fourth-order valence-corrected chi connectivity index (χ4v) is 4.64. The molecule has 2 fully saturated rings. The summed E-state index contributed by atoms with van der Waals surface area (Å²) >= 11 is 0. The number of fused-ring (bicyclic) bond motifs is 1. The third kappa shape index (κ3) is 3.22. The minimum Gasteiger partial charge on any atom is -0.360 e. The Morgan fingerprint density at radius 3 is 2.72 bits per heavy atom. The van der Waals surface area contributed by atoms with Crippen molar-refractivity contribution in [1.29, 1.82) is 0 Å². The number of carbonyl (C=O) groups excluding carboxylic acids is 1. The van der Waals surface area contributed by atoms with Gasteiger partial charge in [-0.25, -0.2) is 0 Å². The van der Waals surface area contributed by atoms with Gasteiger partial charge in [-0.2, -0.15) is 0 Å². The number of para-hydroxylation sites is 1. The smallest absolute Gasteiger partial charge is 0.259 e. The second-order valence-electron chi connectivity index (χ2n) is 7.61. The number of aromatic nitrogens is 1. The number of benzene rings is 1. The van der Waals surface area contributed by atoms with E-state index in [4.69, 9.17) is 0 Å². The molecule has 2 aliphatic rings. The highest BCUT2D eigenvalue weighted by molar-refractivity contribution is 5.97. The van der Waals surface area contributed by atoms with Crippen LogP contribution in [0.4, 0.5) is 0 Å². The average molecular weight is 338 g/mol. The Kier molecular flexibility index (Phi) is 4.60. The summed E-state index contributed by atoms with van der Waals surface area (Å²) in [5.74, 6) is 0.660. The van der Waals surface area contributed by atoms with Crippen LogP contribution in [-0.4, -0.2) is 28.4 Å². The zero-order valence-electron chi connectivity index (χ0n) is 14.7. The largest absolute Gasteiger partial charge is 0.360 e. The number of hydrogen-bond acceptors (Lipinski definition) is 2. The zero-order chi connectivity index (χ0) is 17.2. The predicted molar refractivity (Wildman–Crippen MR) is 99.8 cm³/mol. The molecular weight excluding hydrogens is 312 g/mol. The number of hydrogen-bond donors (Lipinski definition) is 1. The van der Waals surface area contributed by atoms with E-state index in [0.29, 0.717) is 11.4 Å². The Balaban J connectivity index is 1.57. The van der Waals surface area contributed by atoms with Crippen molar-refractivity contribution < 1.29 is 4.79 Å². The summed E-state index contributed by atoms with van der Waals surface area (Å²) in [4.78, 5) is 30.9. The SMILES string of the molecule is O=C(c1c[nH]c2ccccc2c1=O)N1CCCC1CC1CCCCC1. The summed E-state index contributed by atoms with van der Waals surface area (Å²) in [5, 5.41) is 0.594. The minimum atomic E-state index is -0.150. The fraction of sp³-hybridized carbons (Fsp3) is 0.524. The number of aromatic amines is 1. The van der Waals surface area contributed by atoms with Gasteiger partial charge in [0.1, 0.15) is 5.56 Å². The van der Waals surface area contributed by atoms with Gasteiger partial charge in [-0.15, -0.1) is 0 Å². The quantitative estimate of drug-likeness (QED) is 0.916. The molecule has 132 valence electrons. The lowest BCUT2D eigenvalue weighted by Crippen LogP contribution is -2.39. The van der Waals surface area contributed by atoms with Gasteiger partial charge < -0.3 is 9.88 Å². The van der Waals surface area contributed by atoms with Gasteiger partial charge in [-0.05, 0) is 37.3 Å². The van der Waals surface area contributed by atoms with Gasteiger partial charge in [0.2, 0.25) is 5.43 Å². The number of nitrogens with zero attached hydrogens (tertiary/aromatic N) is 1. The number of nitrogens with one attached hydrogen (secondary N) is 1. The van der Waals surface area contributed by atoms with Gasteiger partial charge in [-0.1, -0.05) is 44.2 Å². The van der Waals surface area contributed by atoms with Crippen molar-refractivity contribution in [1.82, 2.24) is 9.88 Å². The van der Waals surface area contributed by atoms with Crippen LogP contribution in [0.1, 0.15) is 61.7 Å². The van der Waals surface area contributed by atoms with E-state index in [0.717, 1.165) is 37.2 Å². The van der Waals surface area contributed by atoms with Crippen molar-refractivity contribution in [2.45, 2.75) is 57.4 Å². The molecule has 0 radical (unpaired) electrons. The standard InChI is InChI=1S/C21H26N2O2/c24-20-17-10-4-5-11-19(17)22-14-18(20)21(25)23-12-6-9-16(23)13-15-7-2-1-3-8-15/h4-5,10-11,14-16H,1-3,6-9,12-13H2,(H,22,24). The molecule has 1 aliphatic carbocycles. The summed E-state index contributed by atoms with van der Waals surface area (Å²) in [7, 11) is 0. The summed E-state index contributed by atoms with van der Waals surface area (Å²) in [5.41, 5.74) is 0.918. The monoisotopic (exact) mass is 338 g/mol. The van der Waals surface area contributed by atoms with Crippen LogP contribution < -0.4 is 5.43 Å². The van der Waals surface area contributed by atoms with E-state index in [2.05, 4.69) is 4.98 Å². The van der Waals surface area contributed by atoms with Crippen LogP contribution in [0.15, 0.2) is 35.3 Å². The molecule has 1 aromatic carbocycles. The van der Waals surface area contributed by atoms with Gasteiger partial charge in [0.15, 0.2) is 0 Å². The maximum Gasteiger partial charge on any atom is 0.259 e. The molecule has 0 spiro atoms. The van der Waals surface area contributed by atoms with Gasteiger partial charge in [-0.3, -0.25) is 9.59 Å². The molecule has 1 aliphatic heterocycles. The summed E-state index contributed by atoms with van der Waals surface area (Å²) in [6, 6.07) is 7.69. The van der Waals surface area contributed by atoms with Crippen molar-refractivity contribution in [2.75, 3.05) is 6.54 Å². The third-order valence-electron chi connectivity index (χ3n) is 5.99. The maximum absolute atomic E-state index is 13.1. The number of rotatable bonds is 3. The van der Waals surface area contributed by atoms with Crippen molar-refractivity contribution in [3.8, 4) is 0 Å². The average Bonchev–Trinajstić information content (AvgIpc) is 3.11. The van der Waals surface area contributed by atoms with Crippen molar-refractivity contribution >= 4 is 16.8 Å². The van der Waals surface area contributed by atoms with Crippen molar-refractivity contribution in [2.24, 2.45) is 5.92 Å².